The van der Waals surface area contributed by atoms with Crippen LogP contribution in [0.3, 0.4) is 0 Å². The average molecular weight is 487 g/mol. The Kier molecular flexibility index (Phi) is 4.07. The van der Waals surface area contributed by atoms with Gasteiger partial charge in [0.2, 0.25) is 0 Å². The zero-order valence-electron chi connectivity index (χ0n) is 21.1. The highest BCUT2D eigenvalue weighted by Gasteiger charge is 2.81. The molecule has 1 unspecified atom stereocenters. The van der Waals surface area contributed by atoms with Crippen LogP contribution in [0.2, 0.25) is 0 Å². The van der Waals surface area contributed by atoms with Gasteiger partial charge in [0.05, 0.1) is 17.1 Å². The highest BCUT2D eigenvalue weighted by atomic mass is 16.6. The molecule has 7 heteroatoms. The normalized spacial score (nSPS) is 64.1. The zero-order valence-corrected chi connectivity index (χ0v) is 21.1. The molecule has 1 spiro atoms. The molecule has 13 atom stereocenters. The molecule has 6 fully saturated rings. The van der Waals surface area contributed by atoms with E-state index >= 15 is 0 Å². The van der Waals surface area contributed by atoms with Gasteiger partial charge in [-0.1, -0.05) is 13.8 Å². The minimum atomic E-state index is -1.55. The second kappa shape index (κ2) is 6.23. The lowest BCUT2D eigenvalue weighted by Gasteiger charge is -2.59. The Morgan fingerprint density at radius 3 is 2.43 bits per heavy atom. The summed E-state index contributed by atoms with van der Waals surface area (Å²) >= 11 is 0. The van der Waals surface area contributed by atoms with Crippen LogP contribution in [0.5, 0.6) is 0 Å². The number of fused-ring (bicyclic) bond motifs is 6. The number of carbonyl (C=O) groups is 2. The van der Waals surface area contributed by atoms with Gasteiger partial charge in [-0.3, -0.25) is 4.79 Å². The van der Waals surface area contributed by atoms with Crippen molar-refractivity contribution in [1.29, 1.82) is 0 Å². The van der Waals surface area contributed by atoms with Crippen LogP contribution in [0.25, 0.3) is 0 Å². The lowest BCUT2D eigenvalue weighted by Crippen LogP contribution is -2.65. The van der Waals surface area contributed by atoms with E-state index in [0.717, 1.165) is 25.7 Å². The van der Waals surface area contributed by atoms with Gasteiger partial charge in [-0.05, 0) is 94.1 Å². The van der Waals surface area contributed by atoms with E-state index in [9.17, 15) is 24.9 Å². The van der Waals surface area contributed by atoms with E-state index in [-0.39, 0.29) is 47.1 Å². The minimum Gasteiger partial charge on any atom is -0.460 e. The first-order chi connectivity index (χ1) is 16.3. The van der Waals surface area contributed by atoms with Crippen molar-refractivity contribution >= 4 is 11.8 Å². The minimum absolute atomic E-state index is 0.0588. The number of aliphatic hydroxyl groups excluding tert-OH is 1. The van der Waals surface area contributed by atoms with E-state index in [1.807, 2.05) is 13.8 Å². The summed E-state index contributed by atoms with van der Waals surface area (Å²) in [6, 6.07) is 0. The predicted molar refractivity (Wildman–Crippen MR) is 124 cm³/mol. The van der Waals surface area contributed by atoms with Gasteiger partial charge in [0.1, 0.15) is 17.8 Å². The maximum absolute atomic E-state index is 13.3. The summed E-state index contributed by atoms with van der Waals surface area (Å²) in [4.78, 5) is 26.0. The van der Waals surface area contributed by atoms with E-state index < -0.39 is 39.7 Å². The summed E-state index contributed by atoms with van der Waals surface area (Å²) in [7, 11) is 0. The van der Waals surface area contributed by atoms with Crippen molar-refractivity contribution < 1.29 is 34.4 Å². The summed E-state index contributed by atoms with van der Waals surface area (Å²) in [6.07, 6.45) is 6.90. The Morgan fingerprint density at radius 2 is 1.69 bits per heavy atom. The van der Waals surface area contributed by atoms with Gasteiger partial charge in [0.15, 0.2) is 11.4 Å². The summed E-state index contributed by atoms with van der Waals surface area (Å²) < 4.78 is 12.0. The van der Waals surface area contributed by atoms with Crippen LogP contribution >= 0.6 is 0 Å². The molecular weight excluding hydrogens is 448 g/mol. The fraction of sp³-hybridized carbons (Fsp3) is 0.857. The lowest BCUT2D eigenvalue weighted by atomic mass is 9.44. The van der Waals surface area contributed by atoms with Crippen molar-refractivity contribution in [1.82, 2.24) is 0 Å². The molecule has 7 rings (SSSR count). The van der Waals surface area contributed by atoms with Gasteiger partial charge >= 0.3 is 5.97 Å². The number of carbonyl (C=O) groups excluding carboxylic acids is 2. The van der Waals surface area contributed by atoms with Crippen LogP contribution < -0.4 is 0 Å². The molecule has 0 aromatic rings. The summed E-state index contributed by atoms with van der Waals surface area (Å²) in [6.45, 7) is 7.72. The number of hydrogen-bond acceptors (Lipinski definition) is 7. The van der Waals surface area contributed by atoms with E-state index in [1.165, 1.54) is 0 Å². The van der Waals surface area contributed by atoms with Crippen molar-refractivity contribution in [3.8, 4) is 0 Å². The van der Waals surface area contributed by atoms with Crippen LogP contribution in [0, 0.1) is 39.9 Å². The molecular formula is C28H38O7. The van der Waals surface area contributed by atoms with Crippen molar-refractivity contribution in [2.75, 3.05) is 0 Å². The Hall–Kier alpha value is -1.28. The average Bonchev–Trinajstić information content (AvgIpc) is 3.35. The number of aliphatic hydroxyl groups is 3. The first kappa shape index (κ1) is 22.9. The largest absolute Gasteiger partial charge is 0.460 e. The third-order valence-electron chi connectivity index (χ3n) is 13.0. The number of rotatable bonds is 1. The van der Waals surface area contributed by atoms with E-state index in [4.69, 9.17) is 9.47 Å². The van der Waals surface area contributed by atoms with Crippen molar-refractivity contribution in [3.63, 3.8) is 0 Å². The molecule has 35 heavy (non-hydrogen) atoms. The maximum Gasteiger partial charge on any atom is 0.338 e. The van der Waals surface area contributed by atoms with Gasteiger partial charge in [-0.2, -0.15) is 0 Å². The van der Waals surface area contributed by atoms with Gasteiger partial charge in [-0.15, -0.1) is 0 Å². The van der Waals surface area contributed by atoms with E-state index in [1.54, 1.807) is 19.1 Å². The third kappa shape index (κ3) is 2.23. The van der Waals surface area contributed by atoms with Crippen LogP contribution in [0.4, 0.5) is 0 Å². The van der Waals surface area contributed by atoms with Crippen LogP contribution in [-0.4, -0.2) is 62.2 Å². The first-order valence-corrected chi connectivity index (χ1v) is 13.5. The molecule has 0 aromatic heterocycles. The summed E-state index contributed by atoms with van der Waals surface area (Å²) in [5, 5.41) is 34.3. The maximum atomic E-state index is 13.3. The Balaban J connectivity index is 1.24. The molecule has 192 valence electrons. The third-order valence-corrected chi connectivity index (χ3v) is 13.0. The Bertz CT molecular complexity index is 1070. The van der Waals surface area contributed by atoms with Crippen LogP contribution in [0.1, 0.15) is 72.6 Å². The second-order valence-corrected chi connectivity index (χ2v) is 13.9. The molecule has 2 bridgehead atoms. The topological polar surface area (TPSA) is 117 Å². The van der Waals surface area contributed by atoms with Crippen molar-refractivity contribution in [3.05, 3.63) is 12.2 Å². The second-order valence-electron chi connectivity index (χ2n) is 13.9. The summed E-state index contributed by atoms with van der Waals surface area (Å²) in [5.74, 6) is -0.163. The fourth-order valence-corrected chi connectivity index (χ4v) is 10.6. The molecule has 0 radical (unpaired) electrons. The molecule has 2 aliphatic heterocycles. The smallest absolute Gasteiger partial charge is 0.338 e. The number of esters is 1. The van der Waals surface area contributed by atoms with Gasteiger partial charge in [0.25, 0.3) is 0 Å². The van der Waals surface area contributed by atoms with Gasteiger partial charge in [0, 0.05) is 11.3 Å². The molecule has 0 aromatic carbocycles. The number of epoxide rings is 1. The SMILES string of the molecule is C[C@]12CC([C@]3(O)CC[C@H]4[C@@H]5C[C@H]6O[C@]67[C@@H](O)C=CC(=O)[C@]7(C)[C@@H]5CC[C@@]43C)[C@H](C1)OC(=O)[C@]2(C)O. The quantitative estimate of drug-likeness (QED) is 0.385. The van der Waals surface area contributed by atoms with E-state index in [2.05, 4.69) is 6.92 Å². The fourth-order valence-electron chi connectivity index (χ4n) is 10.6. The molecule has 5 aliphatic carbocycles. The lowest BCUT2D eigenvalue weighted by molar-refractivity contribution is -0.201. The first-order valence-electron chi connectivity index (χ1n) is 13.5. The number of allylic oxidation sites excluding steroid dienone is 1. The molecule has 0 amide bonds. The molecule has 3 N–H and O–H groups in total. The van der Waals surface area contributed by atoms with Gasteiger partial charge in [-0.25, -0.2) is 4.79 Å². The number of ketones is 1. The van der Waals surface area contributed by atoms with Crippen molar-refractivity contribution in [2.24, 2.45) is 39.9 Å². The van der Waals surface area contributed by atoms with Crippen LogP contribution in [0.15, 0.2) is 12.2 Å². The molecule has 2 heterocycles. The van der Waals surface area contributed by atoms with E-state index in [0.29, 0.717) is 19.3 Å². The molecule has 4 saturated carbocycles. The molecule has 2 saturated heterocycles. The Labute approximate surface area is 206 Å². The highest BCUT2D eigenvalue weighted by Crippen LogP contribution is 2.74. The van der Waals surface area contributed by atoms with Crippen molar-refractivity contribution in [2.45, 2.75) is 108 Å². The zero-order chi connectivity index (χ0) is 25.0. The standard InChI is InChI=1S/C28H38O7/c1-23-12-17(18(13-23)34-22(31)26(23,4)32)27(33)10-8-15-14-11-21-28(35-21)20(30)6-5-19(29)25(28,3)16(14)7-9-24(15,27)2/h5-6,14-18,20-21,30,32-33H,7-13H2,1-4H3/t14-,15-,16+,17?,18-,20-,21+,23-,24-,25-,26-,27+,28+/m0/s1. The van der Waals surface area contributed by atoms with Gasteiger partial charge < -0.3 is 24.8 Å². The molecule has 7 aliphatic rings. The number of hydrogen-bond donors (Lipinski definition) is 3. The number of ether oxygens (including phenoxy) is 2. The predicted octanol–water partition coefficient (Wildman–Crippen LogP) is 2.30. The highest BCUT2D eigenvalue weighted by molar-refractivity contribution is 5.98. The Morgan fingerprint density at radius 1 is 0.971 bits per heavy atom. The summed E-state index contributed by atoms with van der Waals surface area (Å²) in [5.41, 5.74) is -5.08. The van der Waals surface area contributed by atoms with Crippen LogP contribution in [-0.2, 0) is 19.1 Å². The molecule has 7 nitrogen and oxygen atoms in total. The monoisotopic (exact) mass is 486 g/mol.